The van der Waals surface area contributed by atoms with Gasteiger partial charge in [-0.3, -0.25) is 0 Å². The molecule has 1 nitrogen and oxygen atoms in total. The lowest BCUT2D eigenvalue weighted by Gasteiger charge is -2.43. The Balaban J connectivity index is 1.97. The molecule has 1 saturated heterocycles. The van der Waals surface area contributed by atoms with Crippen molar-refractivity contribution in [3.8, 4) is 0 Å². The lowest BCUT2D eigenvalue weighted by atomic mass is 9.86. The summed E-state index contributed by atoms with van der Waals surface area (Å²) in [4.78, 5) is 0.496. The van der Waals surface area contributed by atoms with Gasteiger partial charge in [0.25, 0.3) is 0 Å². The number of nitrogens with one attached hydrogen (secondary N) is 1. The van der Waals surface area contributed by atoms with Crippen molar-refractivity contribution >= 4 is 11.8 Å². The third-order valence-electron chi connectivity index (χ3n) is 3.10. The molecule has 0 amide bonds. The second-order valence-electron chi connectivity index (χ2n) is 4.32. The van der Waals surface area contributed by atoms with Crippen LogP contribution in [0.1, 0.15) is 39.0 Å². The summed E-state index contributed by atoms with van der Waals surface area (Å²) in [7, 11) is 0. The Morgan fingerprint density at radius 3 is 3.00 bits per heavy atom. The fraction of sp³-hybridized carbons (Fsp3) is 1.00. The molecule has 2 rings (SSSR count). The zero-order chi connectivity index (χ0) is 8.44. The Morgan fingerprint density at radius 2 is 2.33 bits per heavy atom. The molecule has 1 saturated carbocycles. The summed E-state index contributed by atoms with van der Waals surface area (Å²) in [6.07, 6.45) is 7.05. The molecule has 0 bridgehead atoms. The number of thioether (sulfide) groups is 1. The fourth-order valence-electron chi connectivity index (χ4n) is 2.50. The molecule has 0 aromatic heterocycles. The Bertz CT molecular complexity index is 146. The van der Waals surface area contributed by atoms with Crippen LogP contribution in [0.25, 0.3) is 0 Å². The molecule has 0 radical (unpaired) electrons. The van der Waals surface area contributed by atoms with Crippen LogP contribution in [0, 0.1) is 5.92 Å². The van der Waals surface area contributed by atoms with Crippen LogP contribution in [-0.4, -0.2) is 17.2 Å². The minimum atomic E-state index is 0.496. The minimum absolute atomic E-state index is 0.496. The maximum Gasteiger partial charge on any atom is 0.0647 e. The van der Waals surface area contributed by atoms with Crippen molar-refractivity contribution in [2.24, 2.45) is 5.92 Å². The Kier molecular flexibility index (Phi) is 2.66. The largest absolute Gasteiger partial charge is 0.303 e. The Labute approximate surface area is 79.7 Å². The fourth-order valence-corrected chi connectivity index (χ4v) is 4.08. The second-order valence-corrected chi connectivity index (χ2v) is 5.80. The summed E-state index contributed by atoms with van der Waals surface area (Å²) < 4.78 is 0. The molecule has 1 heterocycles. The molecule has 70 valence electrons. The van der Waals surface area contributed by atoms with Gasteiger partial charge in [-0.2, -0.15) is 0 Å². The van der Waals surface area contributed by atoms with Gasteiger partial charge < -0.3 is 5.32 Å². The van der Waals surface area contributed by atoms with Gasteiger partial charge in [-0.25, -0.2) is 0 Å². The molecular weight excluding hydrogens is 166 g/mol. The van der Waals surface area contributed by atoms with Crippen LogP contribution in [0.4, 0.5) is 0 Å². The van der Waals surface area contributed by atoms with E-state index in [1.807, 2.05) is 0 Å². The van der Waals surface area contributed by atoms with Crippen LogP contribution >= 0.6 is 11.8 Å². The first-order valence-electron chi connectivity index (χ1n) is 5.20. The van der Waals surface area contributed by atoms with E-state index in [1.165, 1.54) is 44.4 Å². The van der Waals surface area contributed by atoms with E-state index in [0.29, 0.717) is 4.87 Å². The highest BCUT2D eigenvalue weighted by Crippen LogP contribution is 2.41. The molecular formula is C10H19NS. The van der Waals surface area contributed by atoms with E-state index < -0.39 is 0 Å². The van der Waals surface area contributed by atoms with Gasteiger partial charge in [0, 0.05) is 0 Å². The average Bonchev–Trinajstić information content (AvgIpc) is 2.05. The van der Waals surface area contributed by atoms with Crippen LogP contribution in [0.15, 0.2) is 0 Å². The van der Waals surface area contributed by atoms with Gasteiger partial charge in [-0.1, -0.05) is 19.8 Å². The number of hydrogen-bond acceptors (Lipinski definition) is 2. The Hall–Kier alpha value is 0.310. The van der Waals surface area contributed by atoms with E-state index in [0.717, 1.165) is 5.92 Å². The molecule has 0 aromatic rings. The molecule has 1 aliphatic carbocycles. The molecule has 2 fully saturated rings. The lowest BCUT2D eigenvalue weighted by molar-refractivity contribution is 0.269. The highest BCUT2D eigenvalue weighted by atomic mass is 32.2. The van der Waals surface area contributed by atoms with Crippen LogP contribution < -0.4 is 5.32 Å². The van der Waals surface area contributed by atoms with Gasteiger partial charge in [-0.15, -0.1) is 11.8 Å². The summed E-state index contributed by atoms with van der Waals surface area (Å²) in [5.41, 5.74) is 0. The van der Waals surface area contributed by atoms with Crippen molar-refractivity contribution < 1.29 is 0 Å². The van der Waals surface area contributed by atoms with E-state index >= 15 is 0 Å². The average molecular weight is 185 g/mol. The maximum absolute atomic E-state index is 3.73. The normalized spacial score (nSPS) is 43.2. The quantitative estimate of drug-likeness (QED) is 0.622. The molecule has 1 N–H and O–H groups in total. The number of rotatable bonds is 0. The van der Waals surface area contributed by atoms with Crippen LogP contribution in [-0.2, 0) is 0 Å². The second kappa shape index (κ2) is 3.59. The van der Waals surface area contributed by atoms with Gasteiger partial charge in [-0.05, 0) is 37.5 Å². The smallest absolute Gasteiger partial charge is 0.0647 e. The summed E-state index contributed by atoms with van der Waals surface area (Å²) in [5.74, 6) is 2.32. The van der Waals surface area contributed by atoms with Gasteiger partial charge in [0.15, 0.2) is 0 Å². The molecule has 2 unspecified atom stereocenters. The predicted molar refractivity (Wildman–Crippen MR) is 55.4 cm³/mol. The zero-order valence-electron chi connectivity index (χ0n) is 7.94. The van der Waals surface area contributed by atoms with Gasteiger partial charge in [0.1, 0.15) is 0 Å². The van der Waals surface area contributed by atoms with E-state index in [-0.39, 0.29) is 0 Å². The van der Waals surface area contributed by atoms with Gasteiger partial charge in [0.05, 0.1) is 4.87 Å². The first-order chi connectivity index (χ1) is 5.81. The number of hydrogen-bond donors (Lipinski definition) is 1. The van der Waals surface area contributed by atoms with Crippen LogP contribution in [0.3, 0.4) is 0 Å². The third kappa shape index (κ3) is 1.80. The molecule has 0 aromatic carbocycles. The van der Waals surface area contributed by atoms with Crippen molar-refractivity contribution in [2.75, 3.05) is 12.3 Å². The first kappa shape index (κ1) is 8.89. The summed E-state index contributed by atoms with van der Waals surface area (Å²) in [6, 6.07) is 0. The van der Waals surface area contributed by atoms with Gasteiger partial charge >= 0.3 is 0 Å². The molecule has 1 spiro atoms. The van der Waals surface area contributed by atoms with Crippen molar-refractivity contribution in [2.45, 2.75) is 43.9 Å². The van der Waals surface area contributed by atoms with Crippen LogP contribution in [0.5, 0.6) is 0 Å². The molecule has 2 atom stereocenters. The van der Waals surface area contributed by atoms with Crippen molar-refractivity contribution in [1.29, 1.82) is 0 Å². The Morgan fingerprint density at radius 1 is 1.42 bits per heavy atom. The standard InChI is InChI=1S/C10H19NS/c1-9-4-2-5-10(8-9)11-6-3-7-12-10/h9,11H,2-8H2,1H3. The van der Waals surface area contributed by atoms with E-state index in [1.54, 1.807) is 0 Å². The maximum atomic E-state index is 3.73. The van der Waals surface area contributed by atoms with Crippen LogP contribution in [0.2, 0.25) is 0 Å². The first-order valence-corrected chi connectivity index (χ1v) is 6.18. The molecule has 2 aliphatic rings. The predicted octanol–water partition coefficient (Wildman–Crippen LogP) is 2.62. The minimum Gasteiger partial charge on any atom is -0.303 e. The molecule has 1 aliphatic heterocycles. The van der Waals surface area contributed by atoms with Crippen molar-refractivity contribution in [3.05, 3.63) is 0 Å². The molecule has 12 heavy (non-hydrogen) atoms. The summed E-state index contributed by atoms with van der Waals surface area (Å²) >= 11 is 2.18. The third-order valence-corrected chi connectivity index (χ3v) is 4.66. The van der Waals surface area contributed by atoms with Gasteiger partial charge in [0.2, 0.25) is 0 Å². The highest BCUT2D eigenvalue weighted by Gasteiger charge is 2.36. The van der Waals surface area contributed by atoms with E-state index in [4.69, 9.17) is 0 Å². The van der Waals surface area contributed by atoms with Crippen molar-refractivity contribution in [1.82, 2.24) is 5.32 Å². The molecule has 2 heteroatoms. The summed E-state index contributed by atoms with van der Waals surface area (Å²) in [5, 5.41) is 3.73. The topological polar surface area (TPSA) is 12.0 Å². The zero-order valence-corrected chi connectivity index (χ0v) is 8.75. The monoisotopic (exact) mass is 185 g/mol. The lowest BCUT2D eigenvalue weighted by Crippen LogP contribution is -2.48. The van der Waals surface area contributed by atoms with E-state index in [2.05, 4.69) is 24.0 Å². The van der Waals surface area contributed by atoms with E-state index in [9.17, 15) is 0 Å². The highest BCUT2D eigenvalue weighted by molar-refractivity contribution is 8.00. The van der Waals surface area contributed by atoms with Crippen molar-refractivity contribution in [3.63, 3.8) is 0 Å². The summed E-state index contributed by atoms with van der Waals surface area (Å²) in [6.45, 7) is 3.65. The SMILES string of the molecule is CC1CCCC2(C1)NCCCS2.